The number of carbonyl (C=O) groups is 2. The monoisotopic (exact) mass is 487 g/mol. The van der Waals surface area contributed by atoms with Gasteiger partial charge in [0.1, 0.15) is 5.82 Å². The SMILES string of the molecule is O=C1S/C(=C\c2cn(Cc3ccc([N+](=O)[O-])cc3)c3ccccc23)C(=O)N1Cc1ccccc1F. The Morgan fingerprint density at radius 2 is 1.66 bits per heavy atom. The summed E-state index contributed by atoms with van der Waals surface area (Å²) in [6.45, 7) is 0.345. The number of fused-ring (bicyclic) bond motifs is 1. The predicted octanol–water partition coefficient (Wildman–Crippen LogP) is 5.97. The van der Waals surface area contributed by atoms with Crippen molar-refractivity contribution in [1.29, 1.82) is 0 Å². The molecule has 2 amide bonds. The van der Waals surface area contributed by atoms with Crippen LogP contribution in [0.2, 0.25) is 0 Å². The van der Waals surface area contributed by atoms with Gasteiger partial charge in [0, 0.05) is 46.9 Å². The Kier molecular flexibility index (Phi) is 5.92. The number of thioether (sulfide) groups is 1. The number of rotatable bonds is 6. The average molecular weight is 488 g/mol. The van der Waals surface area contributed by atoms with E-state index in [-0.39, 0.29) is 22.7 Å². The number of para-hydroxylation sites is 1. The number of amides is 2. The van der Waals surface area contributed by atoms with Crippen LogP contribution in [0.15, 0.2) is 83.9 Å². The molecule has 0 atom stereocenters. The van der Waals surface area contributed by atoms with Gasteiger partial charge < -0.3 is 4.57 Å². The highest BCUT2D eigenvalue weighted by Gasteiger charge is 2.35. The number of carbonyl (C=O) groups excluding carboxylic acids is 2. The third-order valence-electron chi connectivity index (χ3n) is 5.77. The molecule has 5 rings (SSSR count). The number of hydrogen-bond acceptors (Lipinski definition) is 5. The summed E-state index contributed by atoms with van der Waals surface area (Å²) < 4.78 is 16.0. The predicted molar refractivity (Wildman–Crippen MR) is 132 cm³/mol. The highest BCUT2D eigenvalue weighted by molar-refractivity contribution is 8.18. The molecule has 7 nitrogen and oxygen atoms in total. The summed E-state index contributed by atoms with van der Waals surface area (Å²) in [5.41, 5.74) is 2.86. The largest absolute Gasteiger partial charge is 0.342 e. The van der Waals surface area contributed by atoms with Crippen LogP contribution in [0.3, 0.4) is 0 Å². The van der Waals surface area contributed by atoms with Crippen molar-refractivity contribution in [1.82, 2.24) is 9.47 Å². The summed E-state index contributed by atoms with van der Waals surface area (Å²) in [6, 6.07) is 20.1. The van der Waals surface area contributed by atoms with Crippen molar-refractivity contribution in [2.75, 3.05) is 0 Å². The second kappa shape index (κ2) is 9.19. The van der Waals surface area contributed by atoms with Crippen molar-refractivity contribution in [2.24, 2.45) is 0 Å². The maximum absolute atomic E-state index is 14.1. The van der Waals surface area contributed by atoms with Crippen LogP contribution in [0, 0.1) is 15.9 Å². The molecule has 0 unspecified atom stereocenters. The highest BCUT2D eigenvalue weighted by Crippen LogP contribution is 2.35. The Morgan fingerprint density at radius 1 is 0.943 bits per heavy atom. The van der Waals surface area contributed by atoms with Crippen LogP contribution in [0.1, 0.15) is 16.7 Å². The molecule has 3 aromatic carbocycles. The third kappa shape index (κ3) is 4.45. The Morgan fingerprint density at radius 3 is 2.40 bits per heavy atom. The molecular weight excluding hydrogens is 469 g/mol. The van der Waals surface area contributed by atoms with Crippen LogP contribution in [-0.2, 0) is 17.9 Å². The summed E-state index contributed by atoms with van der Waals surface area (Å²) >= 11 is 0.831. The number of nitrogens with zero attached hydrogens (tertiary/aromatic N) is 3. The lowest BCUT2D eigenvalue weighted by Crippen LogP contribution is -2.27. The van der Waals surface area contributed by atoms with E-state index in [4.69, 9.17) is 0 Å². The van der Waals surface area contributed by atoms with Gasteiger partial charge >= 0.3 is 0 Å². The molecule has 4 aromatic rings. The Hall–Kier alpha value is -4.24. The zero-order valence-corrected chi connectivity index (χ0v) is 19.1. The van der Waals surface area contributed by atoms with E-state index < -0.39 is 21.9 Å². The van der Waals surface area contributed by atoms with Gasteiger partial charge in [-0.05, 0) is 35.5 Å². The molecule has 1 fully saturated rings. The summed E-state index contributed by atoms with van der Waals surface area (Å²) in [6.07, 6.45) is 3.57. The number of imide groups is 1. The van der Waals surface area contributed by atoms with E-state index in [9.17, 15) is 24.1 Å². The number of nitro groups is 1. The Labute approximate surface area is 203 Å². The van der Waals surface area contributed by atoms with Gasteiger partial charge in [-0.3, -0.25) is 24.6 Å². The van der Waals surface area contributed by atoms with Crippen LogP contribution < -0.4 is 0 Å². The summed E-state index contributed by atoms with van der Waals surface area (Å²) in [5.74, 6) is -0.930. The fraction of sp³-hybridized carbons (Fsp3) is 0.0769. The molecule has 174 valence electrons. The van der Waals surface area contributed by atoms with Crippen molar-refractivity contribution in [3.05, 3.63) is 117 Å². The van der Waals surface area contributed by atoms with Crippen LogP contribution in [0.4, 0.5) is 14.9 Å². The van der Waals surface area contributed by atoms with Gasteiger partial charge in [-0.1, -0.05) is 48.5 Å². The van der Waals surface area contributed by atoms with Gasteiger partial charge in [0.15, 0.2) is 0 Å². The van der Waals surface area contributed by atoms with E-state index in [1.807, 2.05) is 35.0 Å². The molecule has 0 aliphatic carbocycles. The van der Waals surface area contributed by atoms with Crippen LogP contribution in [0.5, 0.6) is 0 Å². The van der Waals surface area contributed by atoms with E-state index in [0.29, 0.717) is 6.54 Å². The molecule has 1 saturated heterocycles. The number of benzene rings is 3. The Bertz CT molecular complexity index is 1510. The maximum atomic E-state index is 14.1. The maximum Gasteiger partial charge on any atom is 0.293 e. The zero-order chi connectivity index (χ0) is 24.5. The number of aromatic nitrogens is 1. The summed E-state index contributed by atoms with van der Waals surface area (Å²) in [4.78, 5) is 37.3. The van der Waals surface area contributed by atoms with Crippen molar-refractivity contribution in [3.63, 3.8) is 0 Å². The van der Waals surface area contributed by atoms with Crippen LogP contribution in [-0.4, -0.2) is 25.5 Å². The van der Waals surface area contributed by atoms with Crippen molar-refractivity contribution in [2.45, 2.75) is 13.1 Å². The lowest BCUT2D eigenvalue weighted by Gasteiger charge is -2.12. The smallest absolute Gasteiger partial charge is 0.293 e. The molecule has 9 heteroatoms. The molecule has 0 radical (unpaired) electrons. The number of non-ortho nitro benzene ring substituents is 1. The molecule has 0 bridgehead atoms. The molecular formula is C26H18FN3O4S. The highest BCUT2D eigenvalue weighted by atomic mass is 32.2. The quantitative estimate of drug-likeness (QED) is 0.190. The topological polar surface area (TPSA) is 85.5 Å². The first-order chi connectivity index (χ1) is 16.9. The van der Waals surface area contributed by atoms with Crippen molar-refractivity contribution < 1.29 is 18.9 Å². The minimum absolute atomic E-state index is 0.0258. The lowest BCUT2D eigenvalue weighted by molar-refractivity contribution is -0.384. The van der Waals surface area contributed by atoms with Gasteiger partial charge in [-0.25, -0.2) is 4.39 Å². The lowest BCUT2D eigenvalue weighted by atomic mass is 10.1. The van der Waals surface area contributed by atoms with E-state index in [1.165, 1.54) is 18.2 Å². The van der Waals surface area contributed by atoms with Crippen molar-refractivity contribution >= 4 is 45.6 Å². The van der Waals surface area contributed by atoms with E-state index in [2.05, 4.69) is 0 Å². The summed E-state index contributed by atoms with van der Waals surface area (Å²) in [7, 11) is 0. The first-order valence-electron chi connectivity index (χ1n) is 10.7. The van der Waals surface area contributed by atoms with Crippen LogP contribution >= 0.6 is 11.8 Å². The number of nitro benzene ring substituents is 1. The van der Waals surface area contributed by atoms with Gasteiger partial charge in [-0.2, -0.15) is 0 Å². The molecule has 1 aliphatic heterocycles. The Balaban J connectivity index is 1.44. The minimum atomic E-state index is -0.468. The van der Waals surface area contributed by atoms with E-state index >= 15 is 0 Å². The van der Waals surface area contributed by atoms with E-state index in [1.54, 1.807) is 36.4 Å². The number of halogens is 1. The zero-order valence-electron chi connectivity index (χ0n) is 18.3. The van der Waals surface area contributed by atoms with Gasteiger partial charge in [-0.15, -0.1) is 0 Å². The van der Waals surface area contributed by atoms with Crippen LogP contribution in [0.25, 0.3) is 17.0 Å². The standard InChI is InChI=1S/C26H18FN3O4S/c27-22-7-3-1-5-18(22)16-29-25(31)24(35-26(29)32)13-19-15-28(23-8-4-2-6-21(19)23)14-17-9-11-20(12-10-17)30(33)34/h1-13,15H,14,16H2/b24-13-. The summed E-state index contributed by atoms with van der Waals surface area (Å²) in [5, 5.41) is 11.4. The first kappa shape index (κ1) is 22.5. The van der Waals surface area contributed by atoms with Gasteiger partial charge in [0.2, 0.25) is 0 Å². The van der Waals surface area contributed by atoms with E-state index in [0.717, 1.165) is 38.7 Å². The molecule has 1 aromatic heterocycles. The molecule has 0 spiro atoms. The number of hydrogen-bond donors (Lipinski definition) is 0. The molecule has 0 saturated carbocycles. The minimum Gasteiger partial charge on any atom is -0.342 e. The van der Waals surface area contributed by atoms with Crippen molar-refractivity contribution in [3.8, 4) is 0 Å². The second-order valence-electron chi connectivity index (χ2n) is 8.01. The molecule has 1 aliphatic rings. The average Bonchev–Trinajstić information content (AvgIpc) is 3.32. The molecule has 0 N–H and O–H groups in total. The first-order valence-corrected chi connectivity index (χ1v) is 11.5. The second-order valence-corrected chi connectivity index (χ2v) is 9.01. The molecule has 35 heavy (non-hydrogen) atoms. The normalized spacial score (nSPS) is 14.9. The fourth-order valence-corrected chi connectivity index (χ4v) is 4.84. The molecule has 2 heterocycles. The van der Waals surface area contributed by atoms with Gasteiger partial charge in [0.25, 0.3) is 16.8 Å². The fourth-order valence-electron chi connectivity index (χ4n) is 4.02. The van der Waals surface area contributed by atoms with Gasteiger partial charge in [0.05, 0.1) is 16.4 Å². The third-order valence-corrected chi connectivity index (χ3v) is 6.67.